The Morgan fingerprint density at radius 1 is 1.50 bits per heavy atom. The molecule has 0 atom stereocenters. The summed E-state index contributed by atoms with van der Waals surface area (Å²) in [4.78, 5) is 2.12. The number of nitrogens with one attached hydrogen (secondary N) is 1. The van der Waals surface area contributed by atoms with E-state index < -0.39 is 0 Å². The number of ether oxygens (including phenoxy) is 1. The number of hydrazone groups is 1. The highest BCUT2D eigenvalue weighted by Crippen LogP contribution is 1.91. The Balaban J connectivity index is 2.19. The average Bonchev–Trinajstić information content (AvgIpc) is 2.03. The molecular formula is C6H13N3O. The molecule has 0 saturated carbocycles. The third-order valence-corrected chi connectivity index (χ3v) is 1.40. The molecule has 1 heterocycles. The van der Waals surface area contributed by atoms with Crippen molar-refractivity contribution in [2.24, 2.45) is 5.10 Å². The Morgan fingerprint density at radius 3 is 2.80 bits per heavy atom. The summed E-state index contributed by atoms with van der Waals surface area (Å²) in [6, 6.07) is 0. The molecule has 0 aliphatic carbocycles. The molecule has 1 aliphatic heterocycles. The average molecular weight is 143 g/mol. The Morgan fingerprint density at radius 2 is 2.20 bits per heavy atom. The fraction of sp³-hybridized carbons (Fsp3) is 0.833. The van der Waals surface area contributed by atoms with Crippen LogP contribution >= 0.6 is 0 Å². The standard InChI is InChI=1S/C6H13N3O/c1-7-8-6-9-2-4-10-5-3-9/h6-7H,2-5H2,1H3. The lowest BCUT2D eigenvalue weighted by molar-refractivity contribution is 0.0699. The quantitative estimate of drug-likeness (QED) is 0.321. The van der Waals surface area contributed by atoms with Crippen molar-refractivity contribution < 1.29 is 4.74 Å². The normalized spacial score (nSPS) is 19.9. The molecule has 4 nitrogen and oxygen atoms in total. The van der Waals surface area contributed by atoms with E-state index in [9.17, 15) is 0 Å². The summed E-state index contributed by atoms with van der Waals surface area (Å²) >= 11 is 0. The van der Waals surface area contributed by atoms with E-state index in [4.69, 9.17) is 4.74 Å². The summed E-state index contributed by atoms with van der Waals surface area (Å²) in [5.74, 6) is 0. The zero-order valence-corrected chi connectivity index (χ0v) is 6.21. The van der Waals surface area contributed by atoms with Crippen LogP contribution < -0.4 is 5.43 Å². The molecule has 0 aromatic carbocycles. The first-order valence-corrected chi connectivity index (χ1v) is 3.45. The summed E-state index contributed by atoms with van der Waals surface area (Å²) in [6.07, 6.45) is 1.81. The molecule has 58 valence electrons. The molecule has 0 spiro atoms. The van der Waals surface area contributed by atoms with Gasteiger partial charge in [-0.3, -0.25) is 0 Å². The minimum atomic E-state index is 0.815. The van der Waals surface area contributed by atoms with E-state index in [0.717, 1.165) is 26.3 Å². The van der Waals surface area contributed by atoms with Crippen molar-refractivity contribution in [1.29, 1.82) is 0 Å². The van der Waals surface area contributed by atoms with Gasteiger partial charge in [-0.25, -0.2) is 0 Å². The van der Waals surface area contributed by atoms with Gasteiger partial charge in [-0.15, -0.1) is 0 Å². The molecule has 0 aromatic rings. The van der Waals surface area contributed by atoms with Crippen LogP contribution in [0, 0.1) is 0 Å². The van der Waals surface area contributed by atoms with Crippen LogP contribution in [0.1, 0.15) is 0 Å². The predicted octanol–water partition coefficient (Wildman–Crippen LogP) is -0.519. The van der Waals surface area contributed by atoms with E-state index in [1.54, 1.807) is 7.05 Å². The van der Waals surface area contributed by atoms with Crippen molar-refractivity contribution in [1.82, 2.24) is 10.3 Å². The molecule has 1 fully saturated rings. The van der Waals surface area contributed by atoms with Gasteiger partial charge in [0.25, 0.3) is 0 Å². The van der Waals surface area contributed by atoms with E-state index in [-0.39, 0.29) is 0 Å². The van der Waals surface area contributed by atoms with Gasteiger partial charge in [-0.2, -0.15) is 5.10 Å². The summed E-state index contributed by atoms with van der Waals surface area (Å²) in [7, 11) is 1.79. The Labute approximate surface area is 60.8 Å². The monoisotopic (exact) mass is 143 g/mol. The highest BCUT2D eigenvalue weighted by atomic mass is 16.5. The second-order valence-corrected chi connectivity index (χ2v) is 2.12. The summed E-state index contributed by atoms with van der Waals surface area (Å²) < 4.78 is 5.16. The smallest absolute Gasteiger partial charge is 0.111 e. The van der Waals surface area contributed by atoms with Gasteiger partial charge in [0.15, 0.2) is 0 Å². The molecule has 1 N–H and O–H groups in total. The van der Waals surface area contributed by atoms with Crippen molar-refractivity contribution >= 4 is 6.34 Å². The molecule has 0 bridgehead atoms. The van der Waals surface area contributed by atoms with Crippen LogP contribution in [0.5, 0.6) is 0 Å². The van der Waals surface area contributed by atoms with Crippen LogP contribution in [0.2, 0.25) is 0 Å². The maximum Gasteiger partial charge on any atom is 0.111 e. The minimum Gasteiger partial charge on any atom is -0.378 e. The van der Waals surface area contributed by atoms with Crippen LogP contribution in [0.3, 0.4) is 0 Å². The molecule has 10 heavy (non-hydrogen) atoms. The largest absolute Gasteiger partial charge is 0.378 e. The van der Waals surface area contributed by atoms with Crippen molar-refractivity contribution in [2.75, 3.05) is 33.4 Å². The zero-order chi connectivity index (χ0) is 7.23. The second-order valence-electron chi connectivity index (χ2n) is 2.12. The lowest BCUT2D eigenvalue weighted by atomic mass is 10.5. The van der Waals surface area contributed by atoms with E-state index in [1.165, 1.54) is 0 Å². The van der Waals surface area contributed by atoms with Crippen molar-refractivity contribution in [3.63, 3.8) is 0 Å². The molecule has 1 saturated heterocycles. The first-order chi connectivity index (χ1) is 4.93. The number of hydrogen-bond acceptors (Lipinski definition) is 3. The maximum absolute atomic E-state index is 5.16. The van der Waals surface area contributed by atoms with Gasteiger partial charge >= 0.3 is 0 Å². The van der Waals surface area contributed by atoms with E-state index in [0.29, 0.717) is 0 Å². The van der Waals surface area contributed by atoms with E-state index in [2.05, 4.69) is 15.4 Å². The highest BCUT2D eigenvalue weighted by Gasteiger charge is 2.04. The van der Waals surface area contributed by atoms with Gasteiger partial charge in [-0.05, 0) is 0 Å². The third-order valence-electron chi connectivity index (χ3n) is 1.40. The third kappa shape index (κ3) is 2.23. The van der Waals surface area contributed by atoms with Gasteiger partial charge in [0.05, 0.1) is 13.2 Å². The lowest BCUT2D eigenvalue weighted by Gasteiger charge is -2.23. The molecular weight excluding hydrogens is 130 g/mol. The topological polar surface area (TPSA) is 36.9 Å². The second kappa shape index (κ2) is 4.11. The molecule has 0 unspecified atom stereocenters. The highest BCUT2D eigenvalue weighted by molar-refractivity contribution is 5.54. The van der Waals surface area contributed by atoms with Crippen LogP contribution in [0.4, 0.5) is 0 Å². The van der Waals surface area contributed by atoms with Gasteiger partial charge in [0.1, 0.15) is 6.34 Å². The van der Waals surface area contributed by atoms with Gasteiger partial charge in [0, 0.05) is 20.1 Å². The van der Waals surface area contributed by atoms with Crippen molar-refractivity contribution in [3.8, 4) is 0 Å². The number of hydrogen-bond donors (Lipinski definition) is 1. The molecule has 0 aromatic heterocycles. The van der Waals surface area contributed by atoms with Crippen molar-refractivity contribution in [3.05, 3.63) is 0 Å². The number of morpholine rings is 1. The Hall–Kier alpha value is -0.770. The van der Waals surface area contributed by atoms with Crippen LogP contribution in [-0.2, 0) is 4.74 Å². The van der Waals surface area contributed by atoms with Gasteiger partial charge < -0.3 is 15.1 Å². The van der Waals surface area contributed by atoms with Gasteiger partial charge in [0.2, 0.25) is 0 Å². The fourth-order valence-electron chi connectivity index (χ4n) is 0.832. The molecule has 0 amide bonds. The van der Waals surface area contributed by atoms with Crippen LogP contribution in [0.15, 0.2) is 5.10 Å². The lowest BCUT2D eigenvalue weighted by Crippen LogP contribution is -2.35. The van der Waals surface area contributed by atoms with E-state index in [1.807, 2.05) is 6.34 Å². The summed E-state index contributed by atoms with van der Waals surface area (Å²) in [6.45, 7) is 3.53. The number of nitrogens with zero attached hydrogens (tertiary/aromatic N) is 2. The maximum atomic E-state index is 5.16. The fourth-order valence-corrected chi connectivity index (χ4v) is 0.832. The summed E-state index contributed by atoms with van der Waals surface area (Å²) in [5, 5.41) is 3.89. The molecule has 0 radical (unpaired) electrons. The first kappa shape index (κ1) is 7.34. The molecule has 1 aliphatic rings. The Bertz CT molecular complexity index is 110. The predicted molar refractivity (Wildman–Crippen MR) is 39.9 cm³/mol. The zero-order valence-electron chi connectivity index (χ0n) is 6.21. The van der Waals surface area contributed by atoms with Gasteiger partial charge in [-0.1, -0.05) is 0 Å². The van der Waals surface area contributed by atoms with Crippen LogP contribution in [0.25, 0.3) is 0 Å². The van der Waals surface area contributed by atoms with Crippen LogP contribution in [-0.4, -0.2) is 44.6 Å². The minimum absolute atomic E-state index is 0.815. The van der Waals surface area contributed by atoms with E-state index >= 15 is 0 Å². The molecule has 1 rings (SSSR count). The first-order valence-electron chi connectivity index (χ1n) is 3.45. The number of rotatable bonds is 2. The van der Waals surface area contributed by atoms with Crippen molar-refractivity contribution in [2.45, 2.75) is 0 Å². The molecule has 4 heteroatoms. The Kier molecular flexibility index (Phi) is 3.02. The summed E-state index contributed by atoms with van der Waals surface area (Å²) in [5.41, 5.74) is 2.70. The SMILES string of the molecule is CNN=CN1CCOCC1.